The van der Waals surface area contributed by atoms with E-state index in [2.05, 4.69) is 36.7 Å². The maximum atomic E-state index is 13.3. The summed E-state index contributed by atoms with van der Waals surface area (Å²) in [6.07, 6.45) is 19.3. The van der Waals surface area contributed by atoms with Crippen molar-refractivity contribution in [3.05, 3.63) is 36.2 Å². The summed E-state index contributed by atoms with van der Waals surface area (Å²) in [4.78, 5) is 19.4. The van der Waals surface area contributed by atoms with Crippen molar-refractivity contribution in [3.8, 4) is 5.75 Å². The van der Waals surface area contributed by atoms with Crippen LogP contribution in [0.5, 0.6) is 5.75 Å². The van der Waals surface area contributed by atoms with Gasteiger partial charge < -0.3 is 14.7 Å². The van der Waals surface area contributed by atoms with Crippen LogP contribution in [0.15, 0.2) is 36.2 Å². The monoisotopic (exact) mass is 534 g/mol. The lowest BCUT2D eigenvalue weighted by Crippen LogP contribution is -2.50. The third kappa shape index (κ3) is 5.06. The molecule has 1 aliphatic heterocycles. The highest BCUT2D eigenvalue weighted by Crippen LogP contribution is 2.67. The van der Waals surface area contributed by atoms with E-state index in [1.54, 1.807) is 18.0 Å². The van der Waals surface area contributed by atoms with Gasteiger partial charge in [-0.3, -0.25) is 9.78 Å². The second kappa shape index (κ2) is 10.8. The number of aliphatic hydroxyl groups is 1. The van der Waals surface area contributed by atoms with E-state index in [1.165, 1.54) is 32.1 Å². The van der Waals surface area contributed by atoms with Gasteiger partial charge in [0.1, 0.15) is 11.9 Å². The number of ether oxygens (including phenoxy) is 1. The first-order valence-corrected chi connectivity index (χ1v) is 16.0. The van der Waals surface area contributed by atoms with E-state index in [1.807, 2.05) is 12.1 Å². The van der Waals surface area contributed by atoms with Crippen molar-refractivity contribution in [3.63, 3.8) is 0 Å². The van der Waals surface area contributed by atoms with Gasteiger partial charge in [-0.15, -0.1) is 0 Å². The Hall–Kier alpha value is -1.88. The van der Waals surface area contributed by atoms with Crippen molar-refractivity contribution >= 4 is 5.91 Å². The van der Waals surface area contributed by atoms with Crippen LogP contribution >= 0.6 is 0 Å². The predicted octanol–water partition coefficient (Wildman–Crippen LogP) is 6.81. The minimum absolute atomic E-state index is 0.0755. The molecule has 5 heteroatoms. The molecule has 3 saturated carbocycles. The van der Waals surface area contributed by atoms with Gasteiger partial charge in [0.25, 0.3) is 0 Å². The van der Waals surface area contributed by atoms with Crippen LogP contribution in [0.3, 0.4) is 0 Å². The van der Waals surface area contributed by atoms with Gasteiger partial charge in [-0.1, -0.05) is 32.4 Å². The van der Waals surface area contributed by atoms with E-state index >= 15 is 0 Å². The molecule has 5 aliphatic rings. The molecule has 2 heterocycles. The normalized spacial score (nSPS) is 40.6. The van der Waals surface area contributed by atoms with Crippen molar-refractivity contribution in [1.29, 1.82) is 0 Å². The highest BCUT2D eigenvalue weighted by molar-refractivity contribution is 5.76. The molecule has 0 unspecified atom stereocenters. The largest absolute Gasteiger partial charge is 0.488 e. The molecule has 39 heavy (non-hydrogen) atoms. The Kier molecular flexibility index (Phi) is 7.58. The van der Waals surface area contributed by atoms with Gasteiger partial charge in [-0.05, 0) is 123 Å². The first-order valence-electron chi connectivity index (χ1n) is 16.0. The molecule has 1 amide bonds. The second-order valence-corrected chi connectivity index (χ2v) is 14.3. The van der Waals surface area contributed by atoms with Crippen molar-refractivity contribution < 1.29 is 14.6 Å². The fourth-order valence-electron chi connectivity index (χ4n) is 10.2. The van der Waals surface area contributed by atoms with E-state index < -0.39 is 0 Å². The van der Waals surface area contributed by atoms with E-state index in [0.717, 1.165) is 74.5 Å². The van der Waals surface area contributed by atoms with Crippen LogP contribution in [-0.4, -0.2) is 46.2 Å². The quantitative estimate of drug-likeness (QED) is 0.407. The molecule has 4 fully saturated rings. The number of piperidine rings is 1. The van der Waals surface area contributed by atoms with Crippen molar-refractivity contribution in [2.24, 2.45) is 40.4 Å². The number of allylic oxidation sites excluding steroid dienone is 1. The third-order valence-corrected chi connectivity index (χ3v) is 12.3. The van der Waals surface area contributed by atoms with Crippen LogP contribution in [0.4, 0.5) is 0 Å². The minimum Gasteiger partial charge on any atom is -0.488 e. The third-order valence-electron chi connectivity index (χ3n) is 12.3. The van der Waals surface area contributed by atoms with Gasteiger partial charge in [0.15, 0.2) is 0 Å². The van der Waals surface area contributed by atoms with Crippen LogP contribution in [0.2, 0.25) is 0 Å². The Labute approximate surface area is 235 Å². The van der Waals surface area contributed by atoms with Gasteiger partial charge in [0.05, 0.1) is 12.6 Å². The molecular weight excluding hydrogens is 484 g/mol. The van der Waals surface area contributed by atoms with E-state index in [9.17, 15) is 9.90 Å². The van der Waals surface area contributed by atoms with Crippen molar-refractivity contribution in [2.75, 3.05) is 13.1 Å². The number of fused-ring (bicyclic) bond motifs is 5. The molecule has 5 nitrogen and oxygen atoms in total. The topological polar surface area (TPSA) is 62.7 Å². The number of carbonyl (C=O) groups is 1. The van der Waals surface area contributed by atoms with Crippen molar-refractivity contribution in [1.82, 2.24) is 9.88 Å². The molecule has 1 saturated heterocycles. The zero-order chi connectivity index (χ0) is 27.2. The molecule has 1 N–H and O–H groups in total. The van der Waals surface area contributed by atoms with Crippen LogP contribution in [0.1, 0.15) is 97.8 Å². The smallest absolute Gasteiger partial charge is 0.222 e. The van der Waals surface area contributed by atoms with Gasteiger partial charge in [-0.2, -0.15) is 0 Å². The van der Waals surface area contributed by atoms with Crippen molar-refractivity contribution in [2.45, 2.75) is 110 Å². The van der Waals surface area contributed by atoms with Gasteiger partial charge in [0, 0.05) is 25.4 Å². The van der Waals surface area contributed by atoms with Crippen LogP contribution in [0.25, 0.3) is 0 Å². The number of likely N-dealkylation sites (tertiary alicyclic amines) is 1. The fourth-order valence-corrected chi connectivity index (χ4v) is 10.2. The zero-order valence-corrected chi connectivity index (χ0v) is 24.5. The van der Waals surface area contributed by atoms with E-state index in [-0.39, 0.29) is 12.2 Å². The summed E-state index contributed by atoms with van der Waals surface area (Å²) in [6.45, 7) is 9.14. The summed E-state index contributed by atoms with van der Waals surface area (Å²) < 4.78 is 6.15. The summed E-state index contributed by atoms with van der Waals surface area (Å²) in [6, 6.07) is 3.79. The minimum atomic E-state index is -0.126. The Morgan fingerprint density at radius 3 is 2.77 bits per heavy atom. The molecule has 0 spiro atoms. The molecule has 1 aromatic heterocycles. The lowest BCUT2D eigenvalue weighted by molar-refractivity contribution is -0.134. The van der Waals surface area contributed by atoms with E-state index in [0.29, 0.717) is 35.6 Å². The standard InChI is InChI=1S/C34H50N2O3/c1-23(6-11-32(38)36-20-4-5-27(22-36)39-26-14-18-35-19-15-26)29-9-10-30-28-8-7-24-21-25(37)12-16-33(24,2)31(28)13-17-34(29,30)3/h7,14-15,18-19,23,25,27-31,37H,4-6,8-13,16-17,20-22H2,1-3H3/t23-,25+,27-,28+,29-,30+,31+,33+,34-/m1/s1. The summed E-state index contributed by atoms with van der Waals surface area (Å²) in [7, 11) is 0. The summed E-state index contributed by atoms with van der Waals surface area (Å²) in [5.41, 5.74) is 2.29. The Balaban J connectivity index is 1.05. The maximum Gasteiger partial charge on any atom is 0.222 e. The first kappa shape index (κ1) is 27.3. The first-order chi connectivity index (χ1) is 18.8. The Bertz CT molecular complexity index is 1060. The molecule has 0 radical (unpaired) electrons. The highest BCUT2D eigenvalue weighted by Gasteiger charge is 2.59. The number of hydrogen-bond donors (Lipinski definition) is 1. The summed E-state index contributed by atoms with van der Waals surface area (Å²) in [5, 5.41) is 10.3. The average molecular weight is 535 g/mol. The molecule has 0 bridgehead atoms. The molecule has 9 atom stereocenters. The molecule has 0 aromatic carbocycles. The number of aliphatic hydroxyl groups excluding tert-OH is 1. The Morgan fingerprint density at radius 2 is 1.95 bits per heavy atom. The molecule has 4 aliphatic carbocycles. The van der Waals surface area contributed by atoms with Gasteiger partial charge in [0.2, 0.25) is 5.91 Å². The van der Waals surface area contributed by atoms with Crippen LogP contribution in [-0.2, 0) is 4.79 Å². The number of hydrogen-bond acceptors (Lipinski definition) is 4. The van der Waals surface area contributed by atoms with Crippen LogP contribution in [0, 0.1) is 40.4 Å². The number of pyridine rings is 1. The molecule has 214 valence electrons. The Morgan fingerprint density at radius 1 is 1.13 bits per heavy atom. The van der Waals surface area contributed by atoms with E-state index in [4.69, 9.17) is 4.74 Å². The average Bonchev–Trinajstić information content (AvgIpc) is 3.30. The van der Waals surface area contributed by atoms with Gasteiger partial charge >= 0.3 is 0 Å². The fraction of sp³-hybridized carbons (Fsp3) is 0.765. The molecular formula is C34H50N2O3. The summed E-state index contributed by atoms with van der Waals surface area (Å²) >= 11 is 0. The number of amides is 1. The lowest BCUT2D eigenvalue weighted by atomic mass is 9.47. The summed E-state index contributed by atoms with van der Waals surface area (Å²) in [5.74, 6) is 4.88. The predicted molar refractivity (Wildman–Crippen MR) is 154 cm³/mol. The zero-order valence-electron chi connectivity index (χ0n) is 24.5. The molecule has 1 aromatic rings. The molecule has 6 rings (SSSR count). The number of aromatic nitrogens is 1. The lowest BCUT2D eigenvalue weighted by Gasteiger charge is -2.58. The number of carbonyl (C=O) groups excluding carboxylic acids is 1. The number of rotatable bonds is 6. The SMILES string of the molecule is C[C@H](CCC(=O)N1CCC[C@@H](Oc2ccncc2)C1)[C@H]1CC[C@H]2[C@@H]3CC=C4C[C@@H](O)CC[C@]4(C)[C@H]3CC[C@]12C. The van der Waals surface area contributed by atoms with Crippen LogP contribution < -0.4 is 4.74 Å². The highest BCUT2D eigenvalue weighted by atomic mass is 16.5. The second-order valence-electron chi connectivity index (χ2n) is 14.3. The van der Waals surface area contributed by atoms with Gasteiger partial charge in [-0.25, -0.2) is 0 Å². The maximum absolute atomic E-state index is 13.3. The number of nitrogens with zero attached hydrogens (tertiary/aromatic N) is 2.